The van der Waals surface area contributed by atoms with Gasteiger partial charge in [0.25, 0.3) is 0 Å². The zero-order valence-corrected chi connectivity index (χ0v) is 15.1. The Bertz CT molecular complexity index is 819. The molecule has 1 saturated carbocycles. The predicted molar refractivity (Wildman–Crippen MR) is 103 cm³/mol. The molecule has 1 saturated heterocycles. The highest BCUT2D eigenvalue weighted by molar-refractivity contribution is 5.84. The first kappa shape index (κ1) is 17.8. The first-order valence-electron chi connectivity index (χ1n) is 9.46. The van der Waals surface area contributed by atoms with Gasteiger partial charge >= 0.3 is 0 Å². The maximum Gasteiger partial charge on any atom is 0.248 e. The highest BCUT2D eigenvalue weighted by atomic mass is 16.8. The lowest BCUT2D eigenvalue weighted by molar-refractivity contribution is -0.201. The summed E-state index contributed by atoms with van der Waals surface area (Å²) in [5, 5.41) is 0. The molecule has 4 nitrogen and oxygen atoms in total. The molecule has 1 amide bonds. The molecule has 2 fully saturated rings. The summed E-state index contributed by atoms with van der Waals surface area (Å²) in [7, 11) is 0. The van der Waals surface area contributed by atoms with Gasteiger partial charge in [-0.25, -0.2) is 10.3 Å². The Kier molecular flexibility index (Phi) is 5.24. The van der Waals surface area contributed by atoms with E-state index < -0.39 is 0 Å². The molecular weight excluding hydrogens is 338 g/mol. The zero-order chi connectivity index (χ0) is 18.6. The number of hydroxylamine groups is 1. The first-order valence-corrected chi connectivity index (χ1v) is 9.46. The number of benzene rings is 2. The van der Waals surface area contributed by atoms with Gasteiger partial charge in [0, 0.05) is 30.4 Å². The molecule has 4 heteroatoms. The second-order valence-electron chi connectivity index (χ2n) is 7.13. The van der Waals surface area contributed by atoms with Gasteiger partial charge in [-0.2, -0.15) is 0 Å². The fourth-order valence-electron chi connectivity index (χ4n) is 3.94. The van der Waals surface area contributed by atoms with Crippen molar-refractivity contribution in [3.05, 3.63) is 71.3 Å². The van der Waals surface area contributed by atoms with Crippen LogP contribution in [0.15, 0.2) is 54.6 Å². The standard InChI is InChI=1S/C23H23NO3/c1-2-16-11-13-18(14-12-16)21-20(17-8-4-3-5-9-17)22(21)23(25)24-27-19-10-6-7-15-26-19/h1,3-5,8-9,11-14,19-22H,6-7,10,15H2,(H,24,25). The van der Waals surface area contributed by atoms with Gasteiger partial charge in [-0.1, -0.05) is 48.4 Å². The molecule has 0 spiro atoms. The van der Waals surface area contributed by atoms with Gasteiger partial charge in [-0.05, 0) is 36.1 Å². The molecule has 1 heterocycles. The van der Waals surface area contributed by atoms with Crippen LogP contribution >= 0.6 is 0 Å². The quantitative estimate of drug-likeness (QED) is 0.652. The minimum absolute atomic E-state index is 0.0935. The summed E-state index contributed by atoms with van der Waals surface area (Å²) in [5.41, 5.74) is 5.77. The normalized spacial score (nSPS) is 26.8. The van der Waals surface area contributed by atoms with E-state index in [1.165, 1.54) is 0 Å². The summed E-state index contributed by atoms with van der Waals surface area (Å²) in [6.07, 6.45) is 8.02. The molecule has 1 aliphatic heterocycles. The molecule has 0 aromatic heterocycles. The van der Waals surface area contributed by atoms with Crippen molar-refractivity contribution in [3.8, 4) is 12.3 Å². The van der Waals surface area contributed by atoms with Crippen LogP contribution in [0.2, 0.25) is 0 Å². The number of terminal acetylenes is 1. The van der Waals surface area contributed by atoms with Crippen LogP contribution in [0.4, 0.5) is 0 Å². The molecule has 4 unspecified atom stereocenters. The highest BCUT2D eigenvalue weighted by Gasteiger charge is 2.56. The Morgan fingerprint density at radius 1 is 1.04 bits per heavy atom. The molecule has 2 aliphatic rings. The van der Waals surface area contributed by atoms with Crippen molar-refractivity contribution in [2.75, 3.05) is 6.61 Å². The van der Waals surface area contributed by atoms with Gasteiger partial charge in [0.1, 0.15) is 0 Å². The molecule has 2 aromatic carbocycles. The van der Waals surface area contributed by atoms with Gasteiger partial charge in [-0.15, -0.1) is 6.42 Å². The van der Waals surface area contributed by atoms with Crippen molar-refractivity contribution in [3.63, 3.8) is 0 Å². The Morgan fingerprint density at radius 2 is 1.74 bits per heavy atom. The van der Waals surface area contributed by atoms with Crippen molar-refractivity contribution in [1.82, 2.24) is 5.48 Å². The van der Waals surface area contributed by atoms with E-state index in [-0.39, 0.29) is 30.0 Å². The van der Waals surface area contributed by atoms with Gasteiger partial charge < -0.3 is 4.74 Å². The van der Waals surface area contributed by atoms with Gasteiger partial charge in [0.15, 0.2) is 6.29 Å². The van der Waals surface area contributed by atoms with Crippen LogP contribution in [0.25, 0.3) is 0 Å². The summed E-state index contributed by atoms with van der Waals surface area (Å²) in [6.45, 7) is 0.681. The second-order valence-corrected chi connectivity index (χ2v) is 7.13. The SMILES string of the molecule is C#Cc1ccc(C2C(C(=O)NOC3CCCCO3)C2c2ccccc2)cc1. The summed E-state index contributed by atoms with van der Waals surface area (Å²) in [5.74, 6) is 2.64. The molecule has 4 rings (SSSR count). The smallest absolute Gasteiger partial charge is 0.248 e. The molecule has 1 aliphatic carbocycles. The maximum atomic E-state index is 12.8. The van der Waals surface area contributed by atoms with Crippen LogP contribution in [0.3, 0.4) is 0 Å². The molecule has 4 atom stereocenters. The third-order valence-corrected chi connectivity index (χ3v) is 5.40. The second kappa shape index (κ2) is 7.96. The Morgan fingerprint density at radius 3 is 2.37 bits per heavy atom. The van der Waals surface area contributed by atoms with E-state index in [1.54, 1.807) is 0 Å². The van der Waals surface area contributed by atoms with Crippen molar-refractivity contribution in [1.29, 1.82) is 0 Å². The molecule has 138 valence electrons. The fourth-order valence-corrected chi connectivity index (χ4v) is 3.94. The minimum atomic E-state index is -0.343. The number of carbonyl (C=O) groups excluding carboxylic acids is 1. The molecule has 27 heavy (non-hydrogen) atoms. The lowest BCUT2D eigenvalue weighted by atomic mass is 10.0. The number of nitrogens with one attached hydrogen (secondary N) is 1. The largest absolute Gasteiger partial charge is 0.350 e. The van der Waals surface area contributed by atoms with E-state index in [4.69, 9.17) is 16.0 Å². The highest BCUT2D eigenvalue weighted by Crippen LogP contribution is 2.60. The number of carbonyl (C=O) groups is 1. The Balaban J connectivity index is 1.49. The van der Waals surface area contributed by atoms with Crippen molar-refractivity contribution < 1.29 is 14.4 Å². The van der Waals surface area contributed by atoms with Crippen LogP contribution in [-0.4, -0.2) is 18.8 Å². The molecule has 1 N–H and O–H groups in total. The predicted octanol–water partition coefficient (Wildman–Crippen LogP) is 3.74. The van der Waals surface area contributed by atoms with Crippen molar-refractivity contribution in [2.45, 2.75) is 37.4 Å². The van der Waals surface area contributed by atoms with Gasteiger partial charge in [0.05, 0.1) is 5.92 Å². The van der Waals surface area contributed by atoms with Crippen LogP contribution in [0, 0.1) is 18.3 Å². The Hall–Kier alpha value is -2.61. The first-order chi connectivity index (χ1) is 13.3. The van der Waals surface area contributed by atoms with Crippen molar-refractivity contribution in [2.24, 2.45) is 5.92 Å². The maximum absolute atomic E-state index is 12.8. The summed E-state index contributed by atoms with van der Waals surface area (Å²) in [4.78, 5) is 18.3. The van der Waals surface area contributed by atoms with Crippen LogP contribution in [-0.2, 0) is 14.4 Å². The number of ether oxygens (including phenoxy) is 1. The van der Waals surface area contributed by atoms with E-state index in [9.17, 15) is 4.79 Å². The van der Waals surface area contributed by atoms with Crippen LogP contribution < -0.4 is 5.48 Å². The average molecular weight is 361 g/mol. The van der Waals surface area contributed by atoms with E-state index in [2.05, 4.69) is 23.5 Å². The monoisotopic (exact) mass is 361 g/mol. The number of hydrogen-bond acceptors (Lipinski definition) is 3. The molecule has 0 radical (unpaired) electrons. The van der Waals surface area contributed by atoms with Crippen molar-refractivity contribution >= 4 is 5.91 Å². The van der Waals surface area contributed by atoms with Crippen LogP contribution in [0.5, 0.6) is 0 Å². The third kappa shape index (κ3) is 3.90. The number of hydrogen-bond donors (Lipinski definition) is 1. The number of rotatable bonds is 5. The fraction of sp³-hybridized carbons (Fsp3) is 0.348. The third-order valence-electron chi connectivity index (χ3n) is 5.40. The average Bonchev–Trinajstić information content (AvgIpc) is 3.49. The molecule has 2 aromatic rings. The lowest BCUT2D eigenvalue weighted by Gasteiger charge is -2.22. The topological polar surface area (TPSA) is 47.6 Å². The lowest BCUT2D eigenvalue weighted by Crippen LogP contribution is -2.34. The van der Waals surface area contributed by atoms with Gasteiger partial charge in [0.2, 0.25) is 5.91 Å². The zero-order valence-electron chi connectivity index (χ0n) is 15.1. The molecular formula is C23H23NO3. The molecule has 0 bridgehead atoms. The summed E-state index contributed by atoms with van der Waals surface area (Å²) < 4.78 is 5.52. The van der Waals surface area contributed by atoms with E-state index in [0.717, 1.165) is 36.0 Å². The van der Waals surface area contributed by atoms with Crippen LogP contribution in [0.1, 0.15) is 47.8 Å². The van der Waals surface area contributed by atoms with E-state index in [1.807, 2.05) is 42.5 Å². The number of amides is 1. The summed E-state index contributed by atoms with van der Waals surface area (Å²) >= 11 is 0. The Labute approximate surface area is 159 Å². The van der Waals surface area contributed by atoms with E-state index >= 15 is 0 Å². The minimum Gasteiger partial charge on any atom is -0.350 e. The van der Waals surface area contributed by atoms with Gasteiger partial charge in [-0.3, -0.25) is 4.79 Å². The summed E-state index contributed by atoms with van der Waals surface area (Å²) in [6, 6.07) is 18.1. The van der Waals surface area contributed by atoms with E-state index in [0.29, 0.717) is 6.61 Å².